The van der Waals surface area contributed by atoms with Crippen molar-refractivity contribution in [3.8, 4) is 5.75 Å². The number of ether oxygens (including phenoxy) is 1. The number of halogens is 1. The van der Waals surface area contributed by atoms with E-state index in [9.17, 15) is 4.79 Å². The van der Waals surface area contributed by atoms with Crippen LogP contribution in [-0.4, -0.2) is 10.9 Å². The first-order valence-corrected chi connectivity index (χ1v) is 8.56. The van der Waals surface area contributed by atoms with E-state index in [1.54, 1.807) is 30.6 Å². The van der Waals surface area contributed by atoms with E-state index in [4.69, 9.17) is 16.3 Å². The Kier molecular flexibility index (Phi) is 4.46. The molecule has 1 atom stereocenters. The van der Waals surface area contributed by atoms with E-state index in [1.165, 1.54) is 0 Å². The van der Waals surface area contributed by atoms with Crippen LogP contribution in [0.1, 0.15) is 27.7 Å². The molecule has 4 rings (SSSR count). The molecule has 0 spiro atoms. The summed E-state index contributed by atoms with van der Waals surface area (Å²) in [7, 11) is 0. The molecule has 3 aromatic rings. The van der Waals surface area contributed by atoms with Crippen molar-refractivity contribution in [1.29, 1.82) is 0 Å². The third-order valence-electron chi connectivity index (χ3n) is 4.15. The number of benzene rings is 2. The summed E-state index contributed by atoms with van der Waals surface area (Å²) < 4.78 is 5.96. The average molecular weight is 366 g/mol. The van der Waals surface area contributed by atoms with Crippen LogP contribution in [0, 0.1) is 0 Å². The number of pyridine rings is 1. The lowest BCUT2D eigenvalue weighted by Crippen LogP contribution is -2.38. The largest absolute Gasteiger partial charge is 0.488 e. The molecule has 1 amide bonds. The monoisotopic (exact) mass is 365 g/mol. The number of anilines is 1. The van der Waals surface area contributed by atoms with Crippen LogP contribution in [-0.2, 0) is 6.61 Å². The van der Waals surface area contributed by atoms with Crippen LogP contribution >= 0.6 is 11.6 Å². The van der Waals surface area contributed by atoms with Gasteiger partial charge in [0.2, 0.25) is 0 Å². The van der Waals surface area contributed by atoms with Crippen LogP contribution in [0.15, 0.2) is 67.0 Å². The van der Waals surface area contributed by atoms with E-state index in [0.717, 1.165) is 16.8 Å². The molecule has 26 heavy (non-hydrogen) atoms. The van der Waals surface area contributed by atoms with E-state index in [0.29, 0.717) is 22.9 Å². The van der Waals surface area contributed by atoms with Crippen LogP contribution in [0.5, 0.6) is 5.75 Å². The number of hydrogen-bond donors (Lipinski definition) is 2. The van der Waals surface area contributed by atoms with Crippen molar-refractivity contribution < 1.29 is 9.53 Å². The van der Waals surface area contributed by atoms with Gasteiger partial charge in [0.25, 0.3) is 5.91 Å². The summed E-state index contributed by atoms with van der Waals surface area (Å²) in [4.78, 5) is 16.5. The number of carbonyl (C=O) groups is 1. The van der Waals surface area contributed by atoms with Crippen molar-refractivity contribution in [2.45, 2.75) is 12.8 Å². The second kappa shape index (κ2) is 7.06. The molecule has 0 saturated carbocycles. The van der Waals surface area contributed by atoms with Gasteiger partial charge in [-0.25, -0.2) is 0 Å². The standard InChI is InChI=1S/C20H16ClN3O2/c21-14-7-8-18(26-12-13-4-3-9-22-11-13)16(10-14)19-23-17-6-2-1-5-15(17)20(25)24-19/h1-11,19,23H,12H2,(H,24,25)/t19-/m0/s1. The number of carbonyl (C=O) groups excluding carboxylic acids is 1. The number of nitrogens with zero attached hydrogens (tertiary/aromatic N) is 1. The summed E-state index contributed by atoms with van der Waals surface area (Å²) in [5.74, 6) is 0.512. The van der Waals surface area contributed by atoms with Gasteiger partial charge in [0.05, 0.1) is 5.56 Å². The fourth-order valence-electron chi connectivity index (χ4n) is 2.88. The second-order valence-corrected chi connectivity index (χ2v) is 6.36. The number of amides is 1. The molecule has 1 aliphatic heterocycles. The molecule has 0 fully saturated rings. The Hall–Kier alpha value is -3.05. The highest BCUT2D eigenvalue weighted by Gasteiger charge is 2.26. The highest BCUT2D eigenvalue weighted by Crippen LogP contribution is 2.33. The molecule has 5 nitrogen and oxygen atoms in total. The Bertz CT molecular complexity index is 947. The van der Waals surface area contributed by atoms with Crippen molar-refractivity contribution in [2.24, 2.45) is 0 Å². The molecule has 0 saturated heterocycles. The number of para-hydroxylation sites is 1. The minimum atomic E-state index is -0.431. The van der Waals surface area contributed by atoms with Crippen molar-refractivity contribution >= 4 is 23.2 Å². The van der Waals surface area contributed by atoms with Gasteiger partial charge in [0.1, 0.15) is 18.5 Å². The van der Waals surface area contributed by atoms with Gasteiger partial charge in [-0.2, -0.15) is 0 Å². The zero-order valence-electron chi connectivity index (χ0n) is 13.8. The summed E-state index contributed by atoms with van der Waals surface area (Å²) in [6.07, 6.45) is 3.04. The van der Waals surface area contributed by atoms with Gasteiger partial charge in [-0.1, -0.05) is 29.8 Å². The Morgan fingerprint density at radius 3 is 2.81 bits per heavy atom. The quantitative estimate of drug-likeness (QED) is 0.728. The first-order chi connectivity index (χ1) is 12.7. The predicted octanol–water partition coefficient (Wildman–Crippen LogP) is 4.17. The minimum Gasteiger partial charge on any atom is -0.488 e. The van der Waals surface area contributed by atoms with Gasteiger partial charge in [-0.15, -0.1) is 0 Å². The summed E-state index contributed by atoms with van der Waals surface area (Å²) in [5, 5.41) is 6.85. The van der Waals surface area contributed by atoms with Gasteiger partial charge in [-0.3, -0.25) is 9.78 Å². The summed E-state index contributed by atoms with van der Waals surface area (Å²) in [6, 6.07) is 16.6. The van der Waals surface area contributed by atoms with Crippen LogP contribution in [0.4, 0.5) is 5.69 Å². The van der Waals surface area contributed by atoms with E-state index in [-0.39, 0.29) is 5.91 Å². The number of rotatable bonds is 4. The van der Waals surface area contributed by atoms with Gasteiger partial charge < -0.3 is 15.4 Å². The first-order valence-electron chi connectivity index (χ1n) is 8.18. The molecule has 1 aromatic heterocycles. The molecule has 2 N–H and O–H groups in total. The van der Waals surface area contributed by atoms with Crippen molar-refractivity contribution in [2.75, 3.05) is 5.32 Å². The molecule has 0 unspecified atom stereocenters. The Morgan fingerprint density at radius 2 is 1.96 bits per heavy atom. The Morgan fingerprint density at radius 1 is 1.08 bits per heavy atom. The van der Waals surface area contributed by atoms with Gasteiger partial charge >= 0.3 is 0 Å². The van der Waals surface area contributed by atoms with Crippen LogP contribution in [0.2, 0.25) is 5.02 Å². The fourth-order valence-corrected chi connectivity index (χ4v) is 3.06. The van der Waals surface area contributed by atoms with Gasteiger partial charge in [-0.05, 0) is 36.4 Å². The SMILES string of the molecule is O=C1N[C@@H](c2cc(Cl)ccc2OCc2cccnc2)Nc2ccccc21. The van der Waals surface area contributed by atoms with E-state index in [1.807, 2.05) is 36.4 Å². The Balaban J connectivity index is 1.62. The maximum absolute atomic E-state index is 12.4. The van der Waals surface area contributed by atoms with Crippen molar-refractivity contribution in [1.82, 2.24) is 10.3 Å². The zero-order chi connectivity index (χ0) is 17.9. The second-order valence-electron chi connectivity index (χ2n) is 5.93. The summed E-state index contributed by atoms with van der Waals surface area (Å²) in [5.41, 5.74) is 3.12. The maximum Gasteiger partial charge on any atom is 0.255 e. The lowest BCUT2D eigenvalue weighted by molar-refractivity contribution is 0.0935. The average Bonchev–Trinajstić information content (AvgIpc) is 2.68. The van der Waals surface area contributed by atoms with Crippen LogP contribution in [0.25, 0.3) is 0 Å². The molecular weight excluding hydrogens is 350 g/mol. The Labute approximate surface area is 156 Å². The van der Waals surface area contributed by atoms with E-state index >= 15 is 0 Å². The van der Waals surface area contributed by atoms with Crippen molar-refractivity contribution in [3.05, 3.63) is 88.7 Å². The minimum absolute atomic E-state index is 0.137. The number of fused-ring (bicyclic) bond motifs is 1. The normalized spacial score (nSPS) is 15.6. The van der Waals surface area contributed by atoms with Gasteiger partial charge in [0.15, 0.2) is 0 Å². The highest BCUT2D eigenvalue weighted by molar-refractivity contribution is 6.30. The highest BCUT2D eigenvalue weighted by atomic mass is 35.5. The summed E-state index contributed by atoms with van der Waals surface area (Å²) in [6.45, 7) is 0.375. The molecule has 2 aromatic carbocycles. The molecule has 6 heteroatoms. The lowest BCUT2D eigenvalue weighted by atomic mass is 10.0. The number of nitrogens with one attached hydrogen (secondary N) is 2. The molecule has 2 heterocycles. The third-order valence-corrected chi connectivity index (χ3v) is 4.38. The lowest BCUT2D eigenvalue weighted by Gasteiger charge is -2.29. The maximum atomic E-state index is 12.4. The molecule has 130 valence electrons. The van der Waals surface area contributed by atoms with Crippen LogP contribution in [0.3, 0.4) is 0 Å². The topological polar surface area (TPSA) is 63.2 Å². The number of aromatic nitrogens is 1. The molecular formula is C20H16ClN3O2. The predicted molar refractivity (Wildman–Crippen MR) is 100 cm³/mol. The smallest absolute Gasteiger partial charge is 0.255 e. The fraction of sp³-hybridized carbons (Fsp3) is 0.100. The third kappa shape index (κ3) is 3.34. The summed E-state index contributed by atoms with van der Waals surface area (Å²) >= 11 is 6.18. The van der Waals surface area contributed by atoms with Crippen LogP contribution < -0.4 is 15.4 Å². The van der Waals surface area contributed by atoms with E-state index in [2.05, 4.69) is 15.6 Å². The van der Waals surface area contributed by atoms with E-state index < -0.39 is 6.17 Å². The van der Waals surface area contributed by atoms with Gasteiger partial charge in [0, 0.05) is 34.2 Å². The zero-order valence-corrected chi connectivity index (χ0v) is 14.5. The first kappa shape index (κ1) is 16.4. The molecule has 0 bridgehead atoms. The molecule has 0 radical (unpaired) electrons. The molecule has 1 aliphatic rings. The molecule has 0 aliphatic carbocycles. The number of hydrogen-bond acceptors (Lipinski definition) is 4. The van der Waals surface area contributed by atoms with Crippen molar-refractivity contribution in [3.63, 3.8) is 0 Å².